The summed E-state index contributed by atoms with van der Waals surface area (Å²) in [6, 6.07) is 11.5. The Morgan fingerprint density at radius 3 is 2.45 bits per heavy atom. The fraction of sp³-hybridized carbons (Fsp3) is 0.227. The number of benzene rings is 2. The van der Waals surface area contributed by atoms with Crippen molar-refractivity contribution in [3.8, 4) is 5.75 Å². The highest BCUT2D eigenvalue weighted by Crippen LogP contribution is 2.26. The lowest BCUT2D eigenvalue weighted by molar-refractivity contribution is -0.147. The van der Waals surface area contributed by atoms with Gasteiger partial charge in [-0.05, 0) is 43.2 Å². The molecule has 3 rings (SSSR count). The van der Waals surface area contributed by atoms with Crippen LogP contribution in [0.3, 0.4) is 0 Å². The first-order chi connectivity index (χ1) is 14.8. The summed E-state index contributed by atoms with van der Waals surface area (Å²) in [5.74, 6) is -3.27. The normalized spacial score (nSPS) is 17.6. The first-order valence-electron chi connectivity index (χ1n) is 9.50. The molecule has 9 heteroatoms. The van der Waals surface area contributed by atoms with Gasteiger partial charge in [0, 0.05) is 21.2 Å². The minimum absolute atomic E-state index is 0.184. The monoisotopic (exact) mass is 462 g/mol. The molecule has 31 heavy (non-hydrogen) atoms. The predicted molar refractivity (Wildman–Crippen MR) is 116 cm³/mol. The highest BCUT2D eigenvalue weighted by molar-refractivity contribution is 6.35. The average molecular weight is 463 g/mol. The van der Waals surface area contributed by atoms with Crippen LogP contribution < -0.4 is 15.6 Å². The molecule has 0 aromatic heterocycles. The molecule has 2 aromatic carbocycles. The summed E-state index contributed by atoms with van der Waals surface area (Å²) in [5, 5.41) is 10.3. The Morgan fingerprint density at radius 2 is 1.74 bits per heavy atom. The fourth-order valence-corrected chi connectivity index (χ4v) is 3.65. The number of aliphatic carboxylic acids is 1. The lowest BCUT2D eigenvalue weighted by atomic mass is 9.82. The van der Waals surface area contributed by atoms with Crippen LogP contribution in [0.25, 0.3) is 0 Å². The van der Waals surface area contributed by atoms with Gasteiger partial charge in [0.05, 0.1) is 11.8 Å². The Kier molecular flexibility index (Phi) is 7.55. The van der Waals surface area contributed by atoms with Crippen molar-refractivity contribution in [2.75, 3.05) is 0 Å². The minimum atomic E-state index is -1.04. The van der Waals surface area contributed by atoms with E-state index in [1.165, 1.54) is 6.07 Å². The summed E-state index contributed by atoms with van der Waals surface area (Å²) < 4.78 is 5.70. The zero-order chi connectivity index (χ0) is 22.4. The summed E-state index contributed by atoms with van der Waals surface area (Å²) in [6.07, 6.45) is 4.08. The Morgan fingerprint density at radius 1 is 1.00 bits per heavy atom. The topological polar surface area (TPSA) is 105 Å². The zero-order valence-corrected chi connectivity index (χ0v) is 17.8. The molecule has 2 atom stereocenters. The number of amides is 2. The fourth-order valence-electron chi connectivity index (χ4n) is 3.19. The zero-order valence-electron chi connectivity index (χ0n) is 16.3. The number of carbonyl (C=O) groups excluding carboxylic acids is 2. The van der Waals surface area contributed by atoms with Crippen molar-refractivity contribution in [1.29, 1.82) is 0 Å². The molecule has 0 fully saturated rings. The maximum Gasteiger partial charge on any atom is 0.307 e. The number of ether oxygens (including phenoxy) is 1. The third kappa shape index (κ3) is 5.99. The molecular formula is C22H20Cl2N2O5. The van der Waals surface area contributed by atoms with E-state index in [9.17, 15) is 19.5 Å². The number of carboxylic acid groups (broad SMARTS) is 1. The van der Waals surface area contributed by atoms with Crippen LogP contribution >= 0.6 is 23.2 Å². The van der Waals surface area contributed by atoms with E-state index in [4.69, 9.17) is 27.9 Å². The van der Waals surface area contributed by atoms with Crippen molar-refractivity contribution >= 4 is 41.0 Å². The van der Waals surface area contributed by atoms with Crippen molar-refractivity contribution < 1.29 is 24.2 Å². The molecule has 0 aliphatic heterocycles. The first-order valence-corrected chi connectivity index (χ1v) is 10.3. The van der Waals surface area contributed by atoms with Gasteiger partial charge < -0.3 is 9.84 Å². The van der Waals surface area contributed by atoms with E-state index in [0.717, 1.165) is 5.56 Å². The molecule has 2 amide bonds. The van der Waals surface area contributed by atoms with Gasteiger partial charge in [-0.25, -0.2) is 0 Å². The van der Waals surface area contributed by atoms with Crippen LogP contribution in [0.15, 0.2) is 54.6 Å². The van der Waals surface area contributed by atoms with E-state index in [0.29, 0.717) is 22.2 Å². The van der Waals surface area contributed by atoms with Crippen molar-refractivity contribution in [3.05, 3.63) is 75.8 Å². The predicted octanol–water partition coefficient (Wildman–Crippen LogP) is 4.00. The van der Waals surface area contributed by atoms with Crippen LogP contribution in [-0.2, 0) is 16.2 Å². The highest BCUT2D eigenvalue weighted by Gasteiger charge is 2.34. The Balaban J connectivity index is 1.57. The molecule has 0 heterocycles. The number of hydrogen-bond donors (Lipinski definition) is 3. The van der Waals surface area contributed by atoms with Crippen LogP contribution in [0.1, 0.15) is 28.8 Å². The largest absolute Gasteiger partial charge is 0.489 e. The van der Waals surface area contributed by atoms with Crippen molar-refractivity contribution in [3.63, 3.8) is 0 Å². The summed E-state index contributed by atoms with van der Waals surface area (Å²) in [6.45, 7) is 0.184. The second-order valence-electron chi connectivity index (χ2n) is 6.99. The number of rotatable bonds is 6. The van der Waals surface area contributed by atoms with Gasteiger partial charge in [-0.1, -0.05) is 47.5 Å². The van der Waals surface area contributed by atoms with E-state index in [1.807, 2.05) is 0 Å². The van der Waals surface area contributed by atoms with E-state index in [-0.39, 0.29) is 18.6 Å². The number of carbonyl (C=O) groups is 3. The van der Waals surface area contributed by atoms with E-state index in [1.54, 1.807) is 48.6 Å². The Bertz CT molecular complexity index is 1020. The molecule has 7 nitrogen and oxygen atoms in total. The molecule has 1 aliphatic carbocycles. The second kappa shape index (κ2) is 10.3. The third-order valence-electron chi connectivity index (χ3n) is 4.89. The van der Waals surface area contributed by atoms with Crippen molar-refractivity contribution in [2.24, 2.45) is 11.8 Å². The van der Waals surface area contributed by atoms with Gasteiger partial charge in [0.25, 0.3) is 5.91 Å². The standard InChI is InChI=1S/C22H20Cl2N2O5/c23-15-9-8-14(19(24)11-15)12-31-16-5-3-4-13(10-16)20(27)25-26-21(28)17-6-1-2-7-18(17)22(29)30/h1-5,8-11,17-18H,6-7,12H2,(H,25,27)(H,26,28)(H,29,30). The number of hydrazine groups is 1. The maximum atomic E-state index is 12.4. The molecule has 1 aliphatic rings. The summed E-state index contributed by atoms with van der Waals surface area (Å²) in [7, 11) is 0. The SMILES string of the molecule is O=C(NNC(=O)C1CC=CCC1C(=O)O)c1cccc(OCc2ccc(Cl)cc2Cl)c1. The lowest BCUT2D eigenvalue weighted by Gasteiger charge is -2.24. The Hall–Kier alpha value is -3.03. The molecular weight excluding hydrogens is 443 g/mol. The molecule has 0 radical (unpaired) electrons. The third-order valence-corrected chi connectivity index (χ3v) is 5.48. The summed E-state index contributed by atoms with van der Waals surface area (Å²) >= 11 is 12.0. The van der Waals surface area contributed by atoms with Crippen LogP contribution in [0.4, 0.5) is 0 Å². The van der Waals surface area contributed by atoms with Crippen LogP contribution in [-0.4, -0.2) is 22.9 Å². The van der Waals surface area contributed by atoms with E-state index >= 15 is 0 Å². The molecule has 162 valence electrons. The van der Waals surface area contributed by atoms with Crippen LogP contribution in [0, 0.1) is 11.8 Å². The number of nitrogens with one attached hydrogen (secondary N) is 2. The van der Waals surface area contributed by atoms with Crippen LogP contribution in [0.5, 0.6) is 5.75 Å². The molecule has 0 saturated carbocycles. The number of hydrogen-bond acceptors (Lipinski definition) is 4. The summed E-state index contributed by atoms with van der Waals surface area (Å²) in [5.41, 5.74) is 5.65. The molecule has 2 unspecified atom stereocenters. The van der Waals surface area contributed by atoms with E-state index < -0.39 is 29.6 Å². The lowest BCUT2D eigenvalue weighted by Crippen LogP contribution is -2.47. The maximum absolute atomic E-state index is 12.4. The molecule has 3 N–H and O–H groups in total. The van der Waals surface area contributed by atoms with Crippen molar-refractivity contribution in [1.82, 2.24) is 10.9 Å². The van der Waals surface area contributed by atoms with Gasteiger partial charge >= 0.3 is 5.97 Å². The second-order valence-corrected chi connectivity index (χ2v) is 7.83. The molecule has 2 aromatic rings. The molecule has 0 saturated heterocycles. The van der Waals surface area contributed by atoms with Gasteiger partial charge in [0.2, 0.25) is 5.91 Å². The number of halogens is 2. The van der Waals surface area contributed by atoms with Crippen molar-refractivity contribution in [2.45, 2.75) is 19.4 Å². The average Bonchev–Trinajstić information content (AvgIpc) is 2.76. The van der Waals surface area contributed by atoms with Crippen LogP contribution in [0.2, 0.25) is 10.0 Å². The summed E-state index contributed by atoms with van der Waals surface area (Å²) in [4.78, 5) is 36.1. The van der Waals surface area contributed by atoms with Gasteiger partial charge in [-0.3, -0.25) is 25.2 Å². The van der Waals surface area contributed by atoms with Gasteiger partial charge in [-0.2, -0.15) is 0 Å². The first kappa shape index (κ1) is 22.7. The van der Waals surface area contributed by atoms with Gasteiger partial charge in [-0.15, -0.1) is 0 Å². The smallest absolute Gasteiger partial charge is 0.307 e. The number of allylic oxidation sites excluding steroid dienone is 2. The number of carboxylic acids is 1. The van der Waals surface area contributed by atoms with E-state index in [2.05, 4.69) is 10.9 Å². The minimum Gasteiger partial charge on any atom is -0.489 e. The quantitative estimate of drug-likeness (QED) is 0.444. The van der Waals surface area contributed by atoms with Gasteiger partial charge in [0.15, 0.2) is 0 Å². The molecule has 0 bridgehead atoms. The molecule has 0 spiro atoms. The Labute approximate surface area is 189 Å². The highest BCUT2D eigenvalue weighted by atomic mass is 35.5. The van der Waals surface area contributed by atoms with Gasteiger partial charge in [0.1, 0.15) is 12.4 Å².